The van der Waals surface area contributed by atoms with Crippen molar-refractivity contribution in [2.45, 2.75) is 47.5 Å². The average molecular weight is 228 g/mol. The van der Waals surface area contributed by atoms with Crippen LogP contribution in [0.2, 0.25) is 0 Å². The van der Waals surface area contributed by atoms with Crippen molar-refractivity contribution in [1.82, 2.24) is 10.2 Å². The Morgan fingerprint density at radius 1 is 1.00 bits per heavy atom. The Labute approximate surface area is 103 Å². The zero-order valence-electron chi connectivity index (χ0n) is 12.3. The summed E-state index contributed by atoms with van der Waals surface area (Å²) < 4.78 is 0. The highest BCUT2D eigenvalue weighted by Gasteiger charge is 2.33. The standard InChI is InChI=1S/C8H17N.C4H9N.C2H6/c1-8(2,3)7-5-9(4)6-7;1-2-4-5-3-1;1-2/h7H,5-6H2,1-4H3;5H,1-4H2;1-2H3. The molecular formula is C14H32N2. The van der Waals surface area contributed by atoms with Crippen LogP contribution in [0.25, 0.3) is 0 Å². The minimum Gasteiger partial charge on any atom is -0.317 e. The summed E-state index contributed by atoms with van der Waals surface area (Å²) in [5.74, 6) is 0.933. The topological polar surface area (TPSA) is 15.3 Å². The highest BCUT2D eigenvalue weighted by molar-refractivity contribution is 4.85. The second-order valence-electron chi connectivity index (χ2n) is 5.74. The van der Waals surface area contributed by atoms with Crippen LogP contribution < -0.4 is 5.32 Å². The van der Waals surface area contributed by atoms with E-state index in [9.17, 15) is 0 Å². The summed E-state index contributed by atoms with van der Waals surface area (Å²) in [7, 11) is 2.18. The van der Waals surface area contributed by atoms with Crippen molar-refractivity contribution in [3.63, 3.8) is 0 Å². The van der Waals surface area contributed by atoms with Crippen LogP contribution in [-0.2, 0) is 0 Å². The third-order valence-corrected chi connectivity index (χ3v) is 3.25. The lowest BCUT2D eigenvalue weighted by molar-refractivity contribution is 0.0459. The molecule has 0 saturated carbocycles. The van der Waals surface area contributed by atoms with Crippen LogP contribution in [0.4, 0.5) is 0 Å². The number of hydrogen-bond acceptors (Lipinski definition) is 2. The molecule has 2 nitrogen and oxygen atoms in total. The van der Waals surface area contributed by atoms with Crippen LogP contribution in [-0.4, -0.2) is 38.1 Å². The Balaban J connectivity index is 0.000000272. The molecule has 2 rings (SSSR count). The second kappa shape index (κ2) is 8.08. The van der Waals surface area contributed by atoms with Gasteiger partial charge in [-0.25, -0.2) is 0 Å². The first-order chi connectivity index (χ1) is 7.50. The van der Waals surface area contributed by atoms with E-state index in [-0.39, 0.29) is 0 Å². The zero-order chi connectivity index (χ0) is 12.6. The Morgan fingerprint density at radius 3 is 1.56 bits per heavy atom. The van der Waals surface area contributed by atoms with Crippen LogP contribution in [0.1, 0.15) is 47.5 Å². The van der Waals surface area contributed by atoms with E-state index in [1.807, 2.05) is 13.8 Å². The summed E-state index contributed by atoms with van der Waals surface area (Å²) >= 11 is 0. The normalized spacial score (nSPS) is 21.4. The summed E-state index contributed by atoms with van der Waals surface area (Å²) in [5, 5.41) is 3.22. The number of nitrogens with one attached hydrogen (secondary N) is 1. The molecule has 0 amide bonds. The summed E-state index contributed by atoms with van der Waals surface area (Å²) in [6.07, 6.45) is 2.78. The fraction of sp³-hybridized carbons (Fsp3) is 1.00. The van der Waals surface area contributed by atoms with E-state index < -0.39 is 0 Å². The molecule has 0 spiro atoms. The molecule has 98 valence electrons. The predicted molar refractivity (Wildman–Crippen MR) is 73.9 cm³/mol. The van der Waals surface area contributed by atoms with E-state index in [1.54, 1.807) is 0 Å². The molecule has 0 radical (unpaired) electrons. The molecule has 0 aromatic rings. The SMILES string of the molecule is C1CCNC1.CC.CN1CC(C(C)(C)C)C1. The maximum atomic E-state index is 3.22. The van der Waals surface area contributed by atoms with Crippen molar-refractivity contribution in [3.05, 3.63) is 0 Å². The monoisotopic (exact) mass is 228 g/mol. The van der Waals surface area contributed by atoms with Crippen LogP contribution in [0.15, 0.2) is 0 Å². The van der Waals surface area contributed by atoms with Crippen molar-refractivity contribution >= 4 is 0 Å². The van der Waals surface area contributed by atoms with Gasteiger partial charge in [0.2, 0.25) is 0 Å². The average Bonchev–Trinajstić information content (AvgIpc) is 2.72. The Bertz CT molecular complexity index is 143. The molecule has 0 aromatic heterocycles. The van der Waals surface area contributed by atoms with Gasteiger partial charge >= 0.3 is 0 Å². The lowest BCUT2D eigenvalue weighted by Gasteiger charge is -2.44. The van der Waals surface area contributed by atoms with Gasteiger partial charge in [-0.3, -0.25) is 0 Å². The molecule has 0 unspecified atom stereocenters. The van der Waals surface area contributed by atoms with E-state index in [0.29, 0.717) is 5.41 Å². The van der Waals surface area contributed by atoms with Gasteiger partial charge in [0.25, 0.3) is 0 Å². The second-order valence-corrected chi connectivity index (χ2v) is 5.74. The number of nitrogens with zero attached hydrogens (tertiary/aromatic N) is 1. The first-order valence-corrected chi connectivity index (χ1v) is 6.89. The highest BCUT2D eigenvalue weighted by atomic mass is 15.2. The molecule has 0 aliphatic carbocycles. The molecule has 1 N–H and O–H groups in total. The first-order valence-electron chi connectivity index (χ1n) is 6.89. The highest BCUT2D eigenvalue weighted by Crippen LogP contribution is 2.32. The molecular weight excluding hydrogens is 196 g/mol. The molecule has 2 fully saturated rings. The predicted octanol–water partition coefficient (Wildman–Crippen LogP) is 2.99. The van der Waals surface area contributed by atoms with E-state index in [0.717, 1.165) is 5.92 Å². The van der Waals surface area contributed by atoms with Crippen molar-refractivity contribution in [2.24, 2.45) is 11.3 Å². The van der Waals surface area contributed by atoms with Crippen LogP contribution in [0.5, 0.6) is 0 Å². The summed E-state index contributed by atoms with van der Waals surface area (Å²) in [4.78, 5) is 2.37. The lowest BCUT2D eigenvalue weighted by Crippen LogP contribution is -2.49. The molecule has 2 aliphatic rings. The fourth-order valence-corrected chi connectivity index (χ4v) is 1.87. The smallest absolute Gasteiger partial charge is 0.00240 e. The molecule has 2 heterocycles. The fourth-order valence-electron chi connectivity index (χ4n) is 1.87. The largest absolute Gasteiger partial charge is 0.317 e. The summed E-state index contributed by atoms with van der Waals surface area (Å²) in [6, 6.07) is 0. The van der Waals surface area contributed by atoms with Gasteiger partial charge in [0.15, 0.2) is 0 Å². The third kappa shape index (κ3) is 6.49. The van der Waals surface area contributed by atoms with Crippen LogP contribution in [0.3, 0.4) is 0 Å². The zero-order valence-corrected chi connectivity index (χ0v) is 12.3. The van der Waals surface area contributed by atoms with Crippen molar-refractivity contribution < 1.29 is 0 Å². The Morgan fingerprint density at radius 2 is 1.44 bits per heavy atom. The molecule has 2 heteroatoms. The molecule has 0 atom stereocenters. The van der Waals surface area contributed by atoms with Gasteiger partial charge in [-0.05, 0) is 44.3 Å². The minimum absolute atomic E-state index is 0.534. The third-order valence-electron chi connectivity index (χ3n) is 3.25. The molecule has 0 bridgehead atoms. The first kappa shape index (κ1) is 15.9. The van der Waals surface area contributed by atoms with E-state index in [1.165, 1.54) is 39.0 Å². The lowest BCUT2D eigenvalue weighted by atomic mass is 9.76. The van der Waals surface area contributed by atoms with Gasteiger partial charge in [0.05, 0.1) is 0 Å². The van der Waals surface area contributed by atoms with Gasteiger partial charge < -0.3 is 10.2 Å². The number of hydrogen-bond donors (Lipinski definition) is 1. The molecule has 0 aromatic carbocycles. The van der Waals surface area contributed by atoms with Crippen molar-refractivity contribution in [2.75, 3.05) is 33.2 Å². The maximum Gasteiger partial charge on any atom is 0.00240 e. The van der Waals surface area contributed by atoms with Gasteiger partial charge in [-0.15, -0.1) is 0 Å². The van der Waals surface area contributed by atoms with E-state index in [2.05, 4.69) is 38.0 Å². The Kier molecular flexibility index (Phi) is 8.04. The number of rotatable bonds is 0. The Hall–Kier alpha value is -0.0800. The van der Waals surface area contributed by atoms with E-state index >= 15 is 0 Å². The molecule has 16 heavy (non-hydrogen) atoms. The molecule has 2 saturated heterocycles. The van der Waals surface area contributed by atoms with Crippen molar-refractivity contribution in [3.8, 4) is 0 Å². The minimum atomic E-state index is 0.534. The summed E-state index contributed by atoms with van der Waals surface area (Å²) in [5.41, 5.74) is 0.534. The van der Waals surface area contributed by atoms with Gasteiger partial charge in [0, 0.05) is 13.1 Å². The van der Waals surface area contributed by atoms with Crippen molar-refractivity contribution in [1.29, 1.82) is 0 Å². The molecule has 2 aliphatic heterocycles. The summed E-state index contributed by atoms with van der Waals surface area (Å²) in [6.45, 7) is 16.1. The van der Waals surface area contributed by atoms with Gasteiger partial charge in [-0.1, -0.05) is 34.6 Å². The van der Waals surface area contributed by atoms with E-state index in [4.69, 9.17) is 0 Å². The van der Waals surface area contributed by atoms with Crippen LogP contribution >= 0.6 is 0 Å². The maximum absolute atomic E-state index is 3.22. The quantitative estimate of drug-likeness (QED) is 0.686. The van der Waals surface area contributed by atoms with Gasteiger partial charge in [0.1, 0.15) is 0 Å². The number of likely N-dealkylation sites (tertiary alicyclic amines) is 1. The van der Waals surface area contributed by atoms with Gasteiger partial charge in [-0.2, -0.15) is 0 Å². The van der Waals surface area contributed by atoms with Crippen LogP contribution in [0, 0.1) is 11.3 Å².